The molecule has 2 heterocycles. The van der Waals surface area contributed by atoms with Crippen molar-refractivity contribution in [3.05, 3.63) is 33.6 Å². The van der Waals surface area contributed by atoms with Gasteiger partial charge in [-0.2, -0.15) is 5.10 Å². The lowest BCUT2D eigenvalue weighted by molar-refractivity contribution is 0.0603. The zero-order valence-corrected chi connectivity index (χ0v) is 10.8. The van der Waals surface area contributed by atoms with E-state index in [9.17, 15) is 4.79 Å². The number of pyridine rings is 1. The van der Waals surface area contributed by atoms with E-state index in [1.54, 1.807) is 4.52 Å². The van der Waals surface area contributed by atoms with Crippen molar-refractivity contribution in [2.75, 3.05) is 7.11 Å². The minimum Gasteiger partial charge on any atom is -0.465 e. The number of fused-ring (bicyclic) bond motifs is 1. The van der Waals surface area contributed by atoms with Crippen LogP contribution in [0.5, 0.6) is 0 Å². The zero-order chi connectivity index (χ0) is 11.9. The SMILES string of the molecule is COC(=O)c1cnn2cc(C)c(C)c(Br)c12. The molecule has 2 aromatic heterocycles. The van der Waals surface area contributed by atoms with E-state index >= 15 is 0 Å². The molecule has 2 aromatic rings. The maximum absolute atomic E-state index is 11.5. The first kappa shape index (κ1) is 11.1. The number of nitrogens with zero attached hydrogens (tertiary/aromatic N) is 2. The van der Waals surface area contributed by atoms with Gasteiger partial charge in [0.2, 0.25) is 0 Å². The van der Waals surface area contributed by atoms with Gasteiger partial charge in [-0.25, -0.2) is 9.31 Å². The molecule has 2 rings (SSSR count). The Bertz CT molecular complexity index is 575. The van der Waals surface area contributed by atoms with Crippen LogP contribution < -0.4 is 0 Å². The molecular formula is C11H11BrN2O2. The molecule has 0 spiro atoms. The van der Waals surface area contributed by atoms with Gasteiger partial charge in [-0.3, -0.25) is 0 Å². The van der Waals surface area contributed by atoms with Gasteiger partial charge in [0.25, 0.3) is 0 Å². The van der Waals surface area contributed by atoms with Gasteiger partial charge in [0.15, 0.2) is 0 Å². The molecule has 0 saturated carbocycles. The van der Waals surface area contributed by atoms with Gasteiger partial charge >= 0.3 is 5.97 Å². The van der Waals surface area contributed by atoms with Crippen molar-refractivity contribution in [1.29, 1.82) is 0 Å². The van der Waals surface area contributed by atoms with Crippen LogP contribution in [-0.2, 0) is 4.74 Å². The minimum atomic E-state index is -0.376. The summed E-state index contributed by atoms with van der Waals surface area (Å²) in [6.07, 6.45) is 3.41. The fourth-order valence-corrected chi connectivity index (χ4v) is 2.28. The minimum absolute atomic E-state index is 0.376. The average Bonchev–Trinajstić information content (AvgIpc) is 2.68. The zero-order valence-electron chi connectivity index (χ0n) is 9.24. The van der Waals surface area contributed by atoms with Crippen molar-refractivity contribution < 1.29 is 9.53 Å². The van der Waals surface area contributed by atoms with Crippen LogP contribution in [0.3, 0.4) is 0 Å². The number of esters is 1. The Morgan fingerprint density at radius 1 is 1.50 bits per heavy atom. The molecule has 0 saturated heterocycles. The number of aryl methyl sites for hydroxylation is 1. The smallest absolute Gasteiger partial charge is 0.341 e. The lowest BCUT2D eigenvalue weighted by Crippen LogP contribution is -2.02. The van der Waals surface area contributed by atoms with Gasteiger partial charge in [0.1, 0.15) is 5.56 Å². The summed E-state index contributed by atoms with van der Waals surface area (Å²) in [5.74, 6) is -0.376. The Morgan fingerprint density at radius 3 is 2.81 bits per heavy atom. The predicted octanol–water partition coefficient (Wildman–Crippen LogP) is 2.50. The summed E-state index contributed by atoms with van der Waals surface area (Å²) >= 11 is 3.49. The van der Waals surface area contributed by atoms with Crippen molar-refractivity contribution >= 4 is 27.4 Å². The molecule has 4 nitrogen and oxygen atoms in total. The number of methoxy groups -OCH3 is 1. The molecule has 0 aromatic carbocycles. The Morgan fingerprint density at radius 2 is 2.19 bits per heavy atom. The van der Waals surface area contributed by atoms with E-state index in [1.165, 1.54) is 13.3 Å². The van der Waals surface area contributed by atoms with Crippen LogP contribution in [0, 0.1) is 13.8 Å². The van der Waals surface area contributed by atoms with Crippen LogP contribution in [0.2, 0.25) is 0 Å². The second-order valence-electron chi connectivity index (χ2n) is 3.59. The third-order valence-electron chi connectivity index (χ3n) is 2.65. The highest BCUT2D eigenvalue weighted by Crippen LogP contribution is 2.27. The summed E-state index contributed by atoms with van der Waals surface area (Å²) in [5.41, 5.74) is 3.42. The third-order valence-corrected chi connectivity index (χ3v) is 3.62. The number of hydrogen-bond acceptors (Lipinski definition) is 3. The summed E-state index contributed by atoms with van der Waals surface area (Å²) in [7, 11) is 1.36. The van der Waals surface area contributed by atoms with E-state index in [4.69, 9.17) is 4.74 Å². The number of carbonyl (C=O) groups excluding carboxylic acids is 1. The van der Waals surface area contributed by atoms with Crippen LogP contribution in [0.15, 0.2) is 16.9 Å². The second-order valence-corrected chi connectivity index (χ2v) is 4.39. The maximum atomic E-state index is 11.5. The lowest BCUT2D eigenvalue weighted by Gasteiger charge is -2.06. The molecule has 0 radical (unpaired) electrons. The summed E-state index contributed by atoms with van der Waals surface area (Å²) in [5, 5.41) is 4.14. The molecule has 0 aliphatic heterocycles. The normalized spacial score (nSPS) is 10.8. The third kappa shape index (κ3) is 1.51. The molecule has 84 valence electrons. The Hall–Kier alpha value is -1.36. The fraction of sp³-hybridized carbons (Fsp3) is 0.273. The molecule has 0 bridgehead atoms. The Kier molecular flexibility index (Phi) is 2.71. The summed E-state index contributed by atoms with van der Waals surface area (Å²) in [6.45, 7) is 3.99. The van der Waals surface area contributed by atoms with E-state index < -0.39 is 0 Å². The van der Waals surface area contributed by atoms with E-state index in [-0.39, 0.29) is 5.97 Å². The summed E-state index contributed by atoms with van der Waals surface area (Å²) in [6, 6.07) is 0. The number of carbonyl (C=O) groups is 1. The molecule has 0 N–H and O–H groups in total. The average molecular weight is 283 g/mol. The number of halogens is 1. The molecule has 5 heteroatoms. The van der Waals surface area contributed by atoms with E-state index in [0.29, 0.717) is 5.56 Å². The number of hydrogen-bond donors (Lipinski definition) is 0. The first-order valence-electron chi connectivity index (χ1n) is 4.77. The van der Waals surface area contributed by atoms with Crippen LogP contribution in [0.25, 0.3) is 5.52 Å². The molecule has 0 unspecified atom stereocenters. The van der Waals surface area contributed by atoms with E-state index in [1.807, 2.05) is 20.0 Å². The lowest BCUT2D eigenvalue weighted by atomic mass is 10.1. The molecular weight excluding hydrogens is 272 g/mol. The van der Waals surface area contributed by atoms with Crippen molar-refractivity contribution in [2.45, 2.75) is 13.8 Å². The van der Waals surface area contributed by atoms with Gasteiger partial charge < -0.3 is 4.74 Å². The summed E-state index contributed by atoms with van der Waals surface area (Å²) < 4.78 is 7.27. The monoisotopic (exact) mass is 282 g/mol. The van der Waals surface area contributed by atoms with Crippen LogP contribution in [0.4, 0.5) is 0 Å². The number of aromatic nitrogens is 2. The van der Waals surface area contributed by atoms with E-state index in [2.05, 4.69) is 21.0 Å². The maximum Gasteiger partial charge on any atom is 0.341 e. The van der Waals surface area contributed by atoms with Gasteiger partial charge in [0.05, 0.1) is 18.8 Å². The number of rotatable bonds is 1. The molecule has 0 aliphatic rings. The fourth-order valence-electron chi connectivity index (χ4n) is 1.57. The van der Waals surface area contributed by atoms with Crippen LogP contribution in [-0.4, -0.2) is 22.7 Å². The van der Waals surface area contributed by atoms with Crippen molar-refractivity contribution in [3.63, 3.8) is 0 Å². The molecule has 0 amide bonds. The van der Waals surface area contributed by atoms with Gasteiger partial charge in [-0.15, -0.1) is 0 Å². The van der Waals surface area contributed by atoms with E-state index in [0.717, 1.165) is 21.1 Å². The Labute approximate surface area is 101 Å². The summed E-state index contributed by atoms with van der Waals surface area (Å²) in [4.78, 5) is 11.5. The highest BCUT2D eigenvalue weighted by Gasteiger charge is 2.17. The molecule has 0 atom stereocenters. The topological polar surface area (TPSA) is 43.6 Å². The highest BCUT2D eigenvalue weighted by atomic mass is 79.9. The largest absolute Gasteiger partial charge is 0.465 e. The Balaban J connectivity index is 2.81. The molecule has 16 heavy (non-hydrogen) atoms. The standard InChI is InChI=1S/C11H11BrN2O2/c1-6-5-14-10(9(12)7(6)2)8(4-13-14)11(15)16-3/h4-5H,1-3H3. The van der Waals surface area contributed by atoms with Crippen molar-refractivity contribution in [1.82, 2.24) is 9.61 Å². The molecule has 0 aliphatic carbocycles. The van der Waals surface area contributed by atoms with Crippen LogP contribution >= 0.6 is 15.9 Å². The van der Waals surface area contributed by atoms with Crippen molar-refractivity contribution in [2.24, 2.45) is 0 Å². The van der Waals surface area contributed by atoms with Gasteiger partial charge in [-0.1, -0.05) is 0 Å². The van der Waals surface area contributed by atoms with Crippen LogP contribution in [0.1, 0.15) is 21.5 Å². The second kappa shape index (κ2) is 3.90. The highest BCUT2D eigenvalue weighted by molar-refractivity contribution is 9.10. The van der Waals surface area contributed by atoms with Gasteiger partial charge in [-0.05, 0) is 40.9 Å². The first-order chi connectivity index (χ1) is 7.56. The quantitative estimate of drug-likeness (QED) is 0.755. The first-order valence-corrected chi connectivity index (χ1v) is 5.57. The number of ether oxygens (including phenoxy) is 1. The van der Waals surface area contributed by atoms with Crippen molar-refractivity contribution in [3.8, 4) is 0 Å². The van der Waals surface area contributed by atoms with Gasteiger partial charge in [0, 0.05) is 10.7 Å². The molecule has 0 fully saturated rings. The predicted molar refractivity (Wildman–Crippen MR) is 63.7 cm³/mol.